The van der Waals surface area contributed by atoms with Crippen LogP contribution in [0.3, 0.4) is 0 Å². The number of carbonyl (C=O) groups is 1. The quantitative estimate of drug-likeness (QED) is 0.354. The van der Waals surface area contributed by atoms with E-state index >= 15 is 0 Å². The smallest absolute Gasteiger partial charge is 0.243 e. The van der Waals surface area contributed by atoms with Crippen molar-refractivity contribution >= 4 is 41.5 Å². The van der Waals surface area contributed by atoms with Gasteiger partial charge in [-0.25, -0.2) is 9.38 Å². The number of nitrogens with one attached hydrogen (secondary N) is 1. The topological polar surface area (TPSA) is 64.3 Å². The van der Waals surface area contributed by atoms with Crippen LogP contribution in [0.25, 0.3) is 0 Å². The largest absolute Gasteiger partial charge is 0.469 e. The number of hydrogen-bond donors (Lipinski definition) is 1. The van der Waals surface area contributed by atoms with Crippen LogP contribution >= 0.6 is 24.0 Å². The van der Waals surface area contributed by atoms with Gasteiger partial charge in [-0.15, -0.1) is 24.0 Å². The third kappa shape index (κ3) is 6.61. The van der Waals surface area contributed by atoms with Gasteiger partial charge < -0.3 is 24.4 Å². The summed E-state index contributed by atoms with van der Waals surface area (Å²) in [5.74, 6) is 1.33. The van der Waals surface area contributed by atoms with Gasteiger partial charge in [0, 0.05) is 53.2 Å². The molecule has 0 bridgehead atoms. The van der Waals surface area contributed by atoms with E-state index in [1.807, 2.05) is 23.1 Å². The van der Waals surface area contributed by atoms with Gasteiger partial charge >= 0.3 is 0 Å². The van der Waals surface area contributed by atoms with Crippen molar-refractivity contribution in [2.75, 3.05) is 58.3 Å². The Balaban J connectivity index is 0.00000320. The maximum absolute atomic E-state index is 14.1. The summed E-state index contributed by atoms with van der Waals surface area (Å²) in [6, 6.07) is 10.6. The minimum Gasteiger partial charge on any atom is -0.469 e. The van der Waals surface area contributed by atoms with Gasteiger partial charge in [0.15, 0.2) is 5.96 Å². The van der Waals surface area contributed by atoms with Crippen molar-refractivity contribution in [3.8, 4) is 0 Å². The molecule has 1 aliphatic rings. The highest BCUT2D eigenvalue weighted by Gasteiger charge is 2.22. The van der Waals surface area contributed by atoms with Gasteiger partial charge in [-0.05, 0) is 24.3 Å². The molecule has 1 aliphatic heterocycles. The molecule has 0 unspecified atom stereocenters. The number of aliphatic imine (C=N–C) groups is 1. The summed E-state index contributed by atoms with van der Waals surface area (Å²) in [6.45, 7) is 3.48. The van der Waals surface area contributed by atoms with Gasteiger partial charge in [0.05, 0.1) is 12.0 Å². The second kappa shape index (κ2) is 11.8. The number of hydrogen-bond acceptors (Lipinski definition) is 4. The van der Waals surface area contributed by atoms with Gasteiger partial charge in [-0.1, -0.05) is 12.1 Å². The zero-order valence-electron chi connectivity index (χ0n) is 17.4. The Morgan fingerprint density at radius 3 is 2.53 bits per heavy atom. The fraction of sp³-hybridized carbons (Fsp3) is 0.429. The molecule has 1 aromatic carbocycles. The summed E-state index contributed by atoms with van der Waals surface area (Å²) in [5.41, 5.74) is 0.624. The van der Waals surface area contributed by atoms with Gasteiger partial charge in [-0.3, -0.25) is 4.79 Å². The average Bonchev–Trinajstić information content (AvgIpc) is 3.24. The molecule has 1 amide bonds. The van der Waals surface area contributed by atoms with Crippen molar-refractivity contribution in [1.82, 2.24) is 15.1 Å². The fourth-order valence-electron chi connectivity index (χ4n) is 3.17. The van der Waals surface area contributed by atoms with Crippen LogP contribution in [0, 0.1) is 5.82 Å². The van der Waals surface area contributed by atoms with Crippen molar-refractivity contribution in [1.29, 1.82) is 0 Å². The number of carbonyl (C=O) groups excluding carboxylic acids is 1. The molecule has 0 radical (unpaired) electrons. The number of piperazine rings is 1. The summed E-state index contributed by atoms with van der Waals surface area (Å²) in [5, 5.41) is 3.34. The lowest BCUT2D eigenvalue weighted by Crippen LogP contribution is -2.53. The molecule has 3 rings (SSSR count). The molecule has 7 nitrogen and oxygen atoms in total. The SMILES string of the molecule is CN(C)C(=O)CN=C(NCCc1ccco1)N1CCN(c2ccccc2F)CC1.I. The molecule has 1 fully saturated rings. The lowest BCUT2D eigenvalue weighted by atomic mass is 10.2. The number of benzene rings is 1. The number of likely N-dealkylation sites (N-methyl/N-ethyl adjacent to an activating group) is 1. The number of guanidine groups is 1. The molecule has 1 N–H and O–H groups in total. The third-order valence-electron chi connectivity index (χ3n) is 4.87. The average molecular weight is 529 g/mol. The summed E-state index contributed by atoms with van der Waals surface area (Å²) in [7, 11) is 3.43. The van der Waals surface area contributed by atoms with Gasteiger partial charge in [0.25, 0.3) is 0 Å². The standard InChI is InChI=1S/C21H28FN5O2.HI/c1-25(2)20(28)16-24-21(23-10-9-17-6-5-15-29-17)27-13-11-26(12-14-27)19-8-4-3-7-18(19)22;/h3-8,15H,9-14,16H2,1-2H3,(H,23,24);1H. The monoisotopic (exact) mass is 529 g/mol. The first-order chi connectivity index (χ1) is 14.0. The van der Waals surface area contributed by atoms with Crippen molar-refractivity contribution in [2.24, 2.45) is 4.99 Å². The molecule has 0 atom stereocenters. The van der Waals surface area contributed by atoms with E-state index in [0.717, 1.165) is 12.2 Å². The normalized spacial score (nSPS) is 14.3. The van der Waals surface area contributed by atoms with E-state index < -0.39 is 0 Å². The van der Waals surface area contributed by atoms with E-state index in [1.165, 1.54) is 11.0 Å². The molecular weight excluding hydrogens is 500 g/mol. The predicted octanol–water partition coefficient (Wildman–Crippen LogP) is 2.44. The summed E-state index contributed by atoms with van der Waals surface area (Å²) in [4.78, 5) is 22.2. The first-order valence-corrected chi connectivity index (χ1v) is 9.80. The molecule has 164 valence electrons. The third-order valence-corrected chi connectivity index (χ3v) is 4.87. The van der Waals surface area contributed by atoms with Crippen molar-refractivity contribution < 1.29 is 13.6 Å². The molecular formula is C21H29FIN5O2. The van der Waals surface area contributed by atoms with Crippen LogP contribution in [0.15, 0.2) is 52.1 Å². The Hall–Kier alpha value is -2.30. The van der Waals surface area contributed by atoms with E-state index in [9.17, 15) is 9.18 Å². The molecule has 1 saturated heterocycles. The Morgan fingerprint density at radius 1 is 1.17 bits per heavy atom. The highest BCUT2D eigenvalue weighted by atomic mass is 127. The summed E-state index contributed by atoms with van der Waals surface area (Å²) in [6.07, 6.45) is 2.38. The highest BCUT2D eigenvalue weighted by Crippen LogP contribution is 2.20. The lowest BCUT2D eigenvalue weighted by Gasteiger charge is -2.37. The van der Waals surface area contributed by atoms with Crippen molar-refractivity contribution in [3.63, 3.8) is 0 Å². The molecule has 0 saturated carbocycles. The predicted molar refractivity (Wildman–Crippen MR) is 127 cm³/mol. The minimum atomic E-state index is -0.206. The number of nitrogens with zero attached hydrogens (tertiary/aromatic N) is 4. The van der Waals surface area contributed by atoms with Crippen LogP contribution in [-0.2, 0) is 11.2 Å². The number of anilines is 1. The zero-order chi connectivity index (χ0) is 20.6. The summed E-state index contributed by atoms with van der Waals surface area (Å²) >= 11 is 0. The van der Waals surface area contributed by atoms with E-state index in [2.05, 4.69) is 15.2 Å². The zero-order valence-corrected chi connectivity index (χ0v) is 19.7. The van der Waals surface area contributed by atoms with Crippen molar-refractivity contribution in [3.05, 3.63) is 54.2 Å². The molecule has 1 aromatic heterocycles. The Labute approximate surface area is 193 Å². The first kappa shape index (κ1) is 24.0. The van der Waals surface area contributed by atoms with Gasteiger partial charge in [0.1, 0.15) is 18.1 Å². The molecule has 2 heterocycles. The minimum absolute atomic E-state index is 0. The molecule has 0 spiro atoms. The fourth-order valence-corrected chi connectivity index (χ4v) is 3.17. The van der Waals surface area contributed by atoms with E-state index in [1.54, 1.807) is 32.5 Å². The first-order valence-electron chi connectivity index (χ1n) is 9.80. The van der Waals surface area contributed by atoms with Crippen LogP contribution in [0.2, 0.25) is 0 Å². The molecule has 2 aromatic rings. The Kier molecular flexibility index (Phi) is 9.41. The maximum Gasteiger partial charge on any atom is 0.243 e. The highest BCUT2D eigenvalue weighted by molar-refractivity contribution is 14.0. The van der Waals surface area contributed by atoms with Gasteiger partial charge in [0.2, 0.25) is 5.91 Å². The number of rotatable bonds is 6. The number of para-hydroxylation sites is 1. The van der Waals surface area contributed by atoms with Crippen LogP contribution in [0.4, 0.5) is 10.1 Å². The maximum atomic E-state index is 14.1. The number of furan rings is 1. The second-order valence-corrected chi connectivity index (χ2v) is 7.11. The number of halogens is 2. The Morgan fingerprint density at radius 2 is 1.90 bits per heavy atom. The summed E-state index contributed by atoms with van der Waals surface area (Å²) < 4.78 is 19.4. The van der Waals surface area contributed by atoms with Gasteiger partial charge in [-0.2, -0.15) is 0 Å². The van der Waals surface area contributed by atoms with Crippen LogP contribution < -0.4 is 10.2 Å². The van der Waals surface area contributed by atoms with E-state index in [-0.39, 0.29) is 42.2 Å². The number of amides is 1. The molecule has 0 aliphatic carbocycles. The second-order valence-electron chi connectivity index (χ2n) is 7.11. The van der Waals surface area contributed by atoms with Crippen LogP contribution in [-0.4, -0.2) is 75.0 Å². The lowest BCUT2D eigenvalue weighted by molar-refractivity contribution is -0.127. The van der Waals surface area contributed by atoms with Crippen LogP contribution in [0.5, 0.6) is 0 Å². The van der Waals surface area contributed by atoms with E-state index in [4.69, 9.17) is 4.42 Å². The molecule has 9 heteroatoms. The van der Waals surface area contributed by atoms with Crippen molar-refractivity contribution in [2.45, 2.75) is 6.42 Å². The van der Waals surface area contributed by atoms with Crippen LogP contribution in [0.1, 0.15) is 5.76 Å². The molecule has 30 heavy (non-hydrogen) atoms. The van der Waals surface area contributed by atoms with E-state index in [0.29, 0.717) is 44.4 Å². The Bertz CT molecular complexity index is 821.